The molecule has 164 valence electrons. The molecule has 1 unspecified atom stereocenters. The van der Waals surface area contributed by atoms with Crippen LogP contribution in [0.1, 0.15) is 28.2 Å². The van der Waals surface area contributed by atoms with Crippen molar-refractivity contribution < 1.29 is 13.2 Å². The minimum Gasteiger partial charge on any atom is -0.325 e. The van der Waals surface area contributed by atoms with Gasteiger partial charge in [-0.25, -0.2) is 8.42 Å². The van der Waals surface area contributed by atoms with Gasteiger partial charge in [-0.1, -0.05) is 59.1 Å². The van der Waals surface area contributed by atoms with Crippen LogP contribution in [0.25, 0.3) is 0 Å². The number of anilines is 1. The van der Waals surface area contributed by atoms with Gasteiger partial charge in [-0.2, -0.15) is 5.26 Å². The molecule has 3 aromatic carbocycles. The highest BCUT2D eigenvalue weighted by Crippen LogP contribution is 2.34. The summed E-state index contributed by atoms with van der Waals surface area (Å²) in [4.78, 5) is 12.5. The Morgan fingerprint density at radius 3 is 2.25 bits per heavy atom. The lowest BCUT2D eigenvalue weighted by Gasteiger charge is -2.16. The van der Waals surface area contributed by atoms with E-state index in [4.69, 9.17) is 23.2 Å². The van der Waals surface area contributed by atoms with Gasteiger partial charge in [0.2, 0.25) is 5.91 Å². The van der Waals surface area contributed by atoms with Crippen LogP contribution in [0.4, 0.5) is 5.69 Å². The number of nitrogens with one attached hydrogen (secondary N) is 1. The number of halogens is 2. The fourth-order valence-electron chi connectivity index (χ4n) is 3.23. The quantitative estimate of drug-likeness (QED) is 0.485. The maximum atomic E-state index is 12.5. The summed E-state index contributed by atoms with van der Waals surface area (Å²) in [7, 11) is -3.78. The average molecular weight is 487 g/mol. The first-order valence-electron chi connectivity index (χ1n) is 9.65. The number of carbonyl (C=O) groups is 1. The minimum absolute atomic E-state index is 0.0863. The lowest BCUT2D eigenvalue weighted by molar-refractivity contribution is -0.113. The van der Waals surface area contributed by atoms with Crippen LogP contribution in [-0.4, -0.2) is 20.1 Å². The summed E-state index contributed by atoms with van der Waals surface area (Å²) in [5.41, 5.74) is 3.28. The van der Waals surface area contributed by atoms with E-state index >= 15 is 0 Å². The first kappa shape index (κ1) is 23.8. The topological polar surface area (TPSA) is 87.0 Å². The summed E-state index contributed by atoms with van der Waals surface area (Å²) >= 11 is 12.4. The molecule has 0 aliphatic rings. The molecule has 32 heavy (non-hydrogen) atoms. The van der Waals surface area contributed by atoms with Gasteiger partial charge in [0.15, 0.2) is 9.84 Å². The smallest absolute Gasteiger partial charge is 0.239 e. The van der Waals surface area contributed by atoms with Gasteiger partial charge in [0.25, 0.3) is 0 Å². The Balaban J connectivity index is 1.81. The fraction of sp³-hybridized carbons (Fsp3) is 0.167. The van der Waals surface area contributed by atoms with Crippen molar-refractivity contribution in [2.75, 3.05) is 11.1 Å². The molecule has 0 heterocycles. The van der Waals surface area contributed by atoms with Crippen molar-refractivity contribution in [2.45, 2.75) is 24.7 Å². The zero-order chi connectivity index (χ0) is 23.5. The van der Waals surface area contributed by atoms with E-state index < -0.39 is 27.4 Å². The first-order valence-corrected chi connectivity index (χ1v) is 12.1. The molecule has 0 saturated carbocycles. The Morgan fingerprint density at radius 2 is 1.66 bits per heavy atom. The third-order valence-corrected chi connectivity index (χ3v) is 7.17. The van der Waals surface area contributed by atoms with Crippen LogP contribution in [0.2, 0.25) is 10.0 Å². The highest BCUT2D eigenvalue weighted by Gasteiger charge is 2.22. The molecule has 1 atom stereocenters. The van der Waals surface area contributed by atoms with Gasteiger partial charge in [-0.15, -0.1) is 0 Å². The molecular formula is C24H20Cl2N2O3S. The number of benzene rings is 3. The van der Waals surface area contributed by atoms with E-state index in [2.05, 4.69) is 11.4 Å². The maximum absolute atomic E-state index is 12.5. The Labute approximate surface area is 197 Å². The van der Waals surface area contributed by atoms with Gasteiger partial charge in [-0.05, 0) is 60.9 Å². The molecule has 0 fully saturated rings. The minimum atomic E-state index is -3.78. The van der Waals surface area contributed by atoms with Gasteiger partial charge in [0.05, 0.1) is 16.9 Å². The summed E-state index contributed by atoms with van der Waals surface area (Å²) in [5.74, 6) is -1.99. The lowest BCUT2D eigenvalue weighted by Crippen LogP contribution is -2.23. The number of nitriles is 1. The number of nitrogens with zero attached hydrogens (tertiary/aromatic N) is 1. The Morgan fingerprint density at radius 1 is 1.03 bits per heavy atom. The Bertz CT molecular complexity index is 1300. The third kappa shape index (κ3) is 5.49. The molecule has 0 aliphatic carbocycles. The number of hydrogen-bond donors (Lipinski definition) is 1. The second kappa shape index (κ2) is 9.74. The number of sulfone groups is 1. The number of amides is 1. The molecule has 0 aromatic heterocycles. The van der Waals surface area contributed by atoms with Crippen LogP contribution >= 0.6 is 23.2 Å². The fourth-order valence-corrected chi connectivity index (χ4v) is 4.76. The highest BCUT2D eigenvalue weighted by molar-refractivity contribution is 7.92. The van der Waals surface area contributed by atoms with Gasteiger partial charge in [0.1, 0.15) is 5.75 Å². The van der Waals surface area contributed by atoms with Crippen LogP contribution in [-0.2, 0) is 14.6 Å². The summed E-state index contributed by atoms with van der Waals surface area (Å²) in [6.07, 6.45) is 0. The van der Waals surface area contributed by atoms with Gasteiger partial charge < -0.3 is 5.32 Å². The Kier molecular flexibility index (Phi) is 7.25. The lowest BCUT2D eigenvalue weighted by atomic mass is 9.91. The molecule has 0 bridgehead atoms. The zero-order valence-corrected chi connectivity index (χ0v) is 19.7. The van der Waals surface area contributed by atoms with E-state index in [0.29, 0.717) is 21.8 Å². The van der Waals surface area contributed by atoms with Crippen LogP contribution in [0.3, 0.4) is 0 Å². The van der Waals surface area contributed by atoms with E-state index in [1.807, 2.05) is 6.92 Å². The molecule has 0 spiro atoms. The number of hydrogen-bond acceptors (Lipinski definition) is 4. The summed E-state index contributed by atoms with van der Waals surface area (Å²) in [6, 6.07) is 18.7. The SMILES string of the molecule is Cc1ccc(S(=O)(=O)CC(=O)Nc2cc(Cl)c(C(C#N)c3ccc(Cl)cc3)cc2C)cc1. The zero-order valence-electron chi connectivity index (χ0n) is 17.4. The van der Waals surface area contributed by atoms with Crippen LogP contribution in [0.5, 0.6) is 0 Å². The van der Waals surface area contributed by atoms with Gasteiger partial charge in [0, 0.05) is 15.7 Å². The molecule has 3 rings (SSSR count). The normalized spacial score (nSPS) is 12.1. The van der Waals surface area contributed by atoms with E-state index in [-0.39, 0.29) is 9.92 Å². The molecular weight excluding hydrogens is 467 g/mol. The predicted octanol–water partition coefficient (Wildman–Crippen LogP) is 5.68. The third-order valence-electron chi connectivity index (χ3n) is 4.96. The van der Waals surface area contributed by atoms with Crippen LogP contribution in [0, 0.1) is 25.2 Å². The molecule has 1 N–H and O–H groups in total. The molecule has 8 heteroatoms. The molecule has 5 nitrogen and oxygen atoms in total. The predicted molar refractivity (Wildman–Crippen MR) is 127 cm³/mol. The summed E-state index contributed by atoms with van der Waals surface area (Å²) in [5, 5.41) is 13.2. The molecule has 0 aliphatic heterocycles. The van der Waals surface area contributed by atoms with Gasteiger partial charge in [-0.3, -0.25) is 4.79 Å². The molecule has 0 saturated heterocycles. The highest BCUT2D eigenvalue weighted by atomic mass is 35.5. The largest absolute Gasteiger partial charge is 0.325 e. The maximum Gasteiger partial charge on any atom is 0.239 e. The average Bonchev–Trinajstić information content (AvgIpc) is 2.73. The van der Waals surface area contributed by atoms with Crippen molar-refractivity contribution in [3.63, 3.8) is 0 Å². The monoisotopic (exact) mass is 486 g/mol. The molecule has 0 radical (unpaired) electrons. The van der Waals surface area contributed by atoms with Crippen molar-refractivity contribution >= 4 is 44.6 Å². The van der Waals surface area contributed by atoms with Gasteiger partial charge >= 0.3 is 0 Å². The summed E-state index contributed by atoms with van der Waals surface area (Å²) < 4.78 is 25.1. The van der Waals surface area contributed by atoms with E-state index in [1.54, 1.807) is 49.4 Å². The second-order valence-corrected chi connectivity index (χ2v) is 10.3. The number of aryl methyl sites for hydroxylation is 2. The number of rotatable bonds is 6. The molecule has 3 aromatic rings. The van der Waals surface area contributed by atoms with E-state index in [0.717, 1.165) is 11.1 Å². The van der Waals surface area contributed by atoms with Crippen molar-refractivity contribution in [2.24, 2.45) is 0 Å². The van der Waals surface area contributed by atoms with E-state index in [9.17, 15) is 18.5 Å². The van der Waals surface area contributed by atoms with Crippen molar-refractivity contribution in [3.8, 4) is 6.07 Å². The van der Waals surface area contributed by atoms with Crippen LogP contribution < -0.4 is 5.32 Å². The number of carbonyl (C=O) groups excluding carboxylic acids is 1. The van der Waals surface area contributed by atoms with Crippen molar-refractivity contribution in [3.05, 3.63) is 93.0 Å². The van der Waals surface area contributed by atoms with Crippen molar-refractivity contribution in [1.82, 2.24) is 0 Å². The van der Waals surface area contributed by atoms with Crippen molar-refractivity contribution in [1.29, 1.82) is 5.26 Å². The first-order chi connectivity index (χ1) is 15.1. The van der Waals surface area contributed by atoms with Crippen LogP contribution in [0.15, 0.2) is 65.6 Å². The van der Waals surface area contributed by atoms with E-state index in [1.165, 1.54) is 18.2 Å². The second-order valence-electron chi connectivity index (χ2n) is 7.42. The standard InChI is InChI=1S/C24H20Cl2N2O3S/c1-15-3-9-19(10-4-15)32(30,31)14-24(29)28-23-12-22(26)20(11-16(23)2)21(13-27)17-5-7-18(25)8-6-17/h3-12,21H,14H2,1-2H3,(H,28,29). The Hall–Kier alpha value is -2.85. The molecule has 1 amide bonds. The summed E-state index contributed by atoms with van der Waals surface area (Å²) in [6.45, 7) is 3.60.